The fourth-order valence-corrected chi connectivity index (χ4v) is 2.08. The van der Waals surface area contributed by atoms with Gasteiger partial charge in [0.2, 0.25) is 0 Å². The second-order valence-corrected chi connectivity index (χ2v) is 4.92. The summed E-state index contributed by atoms with van der Waals surface area (Å²) in [7, 11) is 0. The van der Waals surface area contributed by atoms with Gasteiger partial charge in [-0.05, 0) is 40.5 Å². The van der Waals surface area contributed by atoms with Gasteiger partial charge in [-0.2, -0.15) is 5.26 Å². The van der Waals surface area contributed by atoms with Crippen molar-refractivity contribution < 1.29 is 13.9 Å². The number of carbonyl (C=O) groups excluding carboxylic acids is 1. The predicted molar refractivity (Wildman–Crippen MR) is 81.1 cm³/mol. The molecule has 0 radical (unpaired) electrons. The molecule has 2 rings (SSSR count). The molecule has 0 unspecified atom stereocenters. The molecule has 0 aliphatic heterocycles. The number of benzene rings is 1. The minimum Gasteiger partial charge on any atom is -0.493 e. The van der Waals surface area contributed by atoms with E-state index in [1.165, 1.54) is 6.26 Å². The average molecular weight is 349 g/mol. The molecule has 0 fully saturated rings. The minimum atomic E-state index is -0.266. The molecule has 1 heterocycles. The highest BCUT2D eigenvalue weighted by molar-refractivity contribution is 9.10. The molecule has 1 aromatic heterocycles. The van der Waals surface area contributed by atoms with Crippen molar-refractivity contribution >= 4 is 27.5 Å². The minimum absolute atomic E-state index is 0.266. The topological polar surface area (TPSA) is 75.3 Å². The fourth-order valence-electron chi connectivity index (χ4n) is 1.66. The lowest BCUT2D eigenvalue weighted by Gasteiger charge is -2.08. The summed E-state index contributed by atoms with van der Waals surface area (Å²) in [6.45, 7) is 0.470. The Hall–Kier alpha value is -2.26. The van der Waals surface area contributed by atoms with E-state index in [1.54, 1.807) is 30.3 Å². The molecular weight excluding hydrogens is 336 g/mol. The number of rotatable bonds is 6. The van der Waals surface area contributed by atoms with E-state index in [4.69, 9.17) is 14.4 Å². The summed E-state index contributed by atoms with van der Waals surface area (Å²) in [6, 6.07) is 10.7. The van der Waals surface area contributed by atoms with Crippen LogP contribution in [0.1, 0.15) is 23.2 Å². The number of hydrogen-bond acceptors (Lipinski definition) is 4. The number of furan rings is 1. The molecule has 5 nitrogen and oxygen atoms in total. The molecule has 0 atom stereocenters. The first-order valence-electron chi connectivity index (χ1n) is 6.35. The first-order valence-corrected chi connectivity index (χ1v) is 7.14. The lowest BCUT2D eigenvalue weighted by Crippen LogP contribution is -2.11. The second kappa shape index (κ2) is 7.50. The summed E-state index contributed by atoms with van der Waals surface area (Å²) < 4.78 is 10.9. The number of carbonyl (C=O) groups is 1. The number of unbranched alkanes of at least 4 members (excludes halogenated alkanes) is 1. The van der Waals surface area contributed by atoms with Crippen LogP contribution in [0.25, 0.3) is 0 Å². The predicted octanol–water partition coefficient (Wildman–Crippen LogP) is 3.98. The SMILES string of the molecule is N#CCCCOc1cccc(NC(=O)c2ccoc2Br)c1. The zero-order valence-corrected chi connectivity index (χ0v) is 12.7. The molecule has 0 bridgehead atoms. The Morgan fingerprint density at radius 2 is 2.29 bits per heavy atom. The second-order valence-electron chi connectivity index (χ2n) is 4.20. The molecule has 0 saturated heterocycles. The van der Waals surface area contributed by atoms with Gasteiger partial charge in [0, 0.05) is 18.2 Å². The van der Waals surface area contributed by atoms with E-state index in [0.29, 0.717) is 41.1 Å². The van der Waals surface area contributed by atoms with Gasteiger partial charge in [-0.25, -0.2) is 0 Å². The molecule has 2 aromatic rings. The number of anilines is 1. The summed E-state index contributed by atoms with van der Waals surface area (Å²) in [6.07, 6.45) is 2.58. The summed E-state index contributed by atoms with van der Waals surface area (Å²) in [4.78, 5) is 12.0. The van der Waals surface area contributed by atoms with Crippen molar-refractivity contribution in [1.29, 1.82) is 5.26 Å². The molecule has 6 heteroatoms. The van der Waals surface area contributed by atoms with Crippen molar-refractivity contribution in [2.75, 3.05) is 11.9 Å². The van der Waals surface area contributed by atoms with Gasteiger partial charge in [0.25, 0.3) is 5.91 Å². The normalized spacial score (nSPS) is 9.90. The Morgan fingerprint density at radius 3 is 3.00 bits per heavy atom. The average Bonchev–Trinajstić information content (AvgIpc) is 2.90. The molecule has 21 heavy (non-hydrogen) atoms. The van der Waals surface area contributed by atoms with Crippen LogP contribution in [-0.4, -0.2) is 12.5 Å². The smallest absolute Gasteiger partial charge is 0.260 e. The zero-order chi connectivity index (χ0) is 15.1. The van der Waals surface area contributed by atoms with Gasteiger partial charge < -0.3 is 14.5 Å². The maximum absolute atomic E-state index is 12.0. The van der Waals surface area contributed by atoms with E-state index >= 15 is 0 Å². The number of hydrogen-bond donors (Lipinski definition) is 1. The zero-order valence-electron chi connectivity index (χ0n) is 11.1. The van der Waals surface area contributed by atoms with Gasteiger partial charge in [-0.1, -0.05) is 6.07 Å². The van der Waals surface area contributed by atoms with Gasteiger partial charge in [-0.3, -0.25) is 4.79 Å². The number of amides is 1. The highest BCUT2D eigenvalue weighted by Gasteiger charge is 2.12. The maximum Gasteiger partial charge on any atom is 0.260 e. The van der Waals surface area contributed by atoms with Gasteiger partial charge >= 0.3 is 0 Å². The van der Waals surface area contributed by atoms with Crippen LogP contribution in [-0.2, 0) is 0 Å². The fraction of sp³-hybridized carbons (Fsp3) is 0.200. The van der Waals surface area contributed by atoms with Gasteiger partial charge in [0.1, 0.15) is 5.75 Å². The molecule has 0 saturated carbocycles. The molecular formula is C15H13BrN2O3. The Morgan fingerprint density at radius 1 is 1.43 bits per heavy atom. The van der Waals surface area contributed by atoms with Crippen molar-refractivity contribution in [2.45, 2.75) is 12.8 Å². The van der Waals surface area contributed by atoms with Crippen LogP contribution in [0.5, 0.6) is 5.75 Å². The largest absolute Gasteiger partial charge is 0.493 e. The lowest BCUT2D eigenvalue weighted by molar-refractivity contribution is 0.102. The Labute approximate surface area is 130 Å². The van der Waals surface area contributed by atoms with E-state index in [9.17, 15) is 4.79 Å². The third kappa shape index (κ3) is 4.36. The summed E-state index contributed by atoms with van der Waals surface area (Å²) >= 11 is 3.17. The van der Waals surface area contributed by atoms with Crippen LogP contribution < -0.4 is 10.1 Å². The highest BCUT2D eigenvalue weighted by atomic mass is 79.9. The van der Waals surface area contributed by atoms with Crippen molar-refractivity contribution in [1.82, 2.24) is 0 Å². The van der Waals surface area contributed by atoms with Crippen LogP contribution in [0.3, 0.4) is 0 Å². The molecule has 1 N–H and O–H groups in total. The van der Waals surface area contributed by atoms with Crippen LogP contribution >= 0.6 is 15.9 Å². The van der Waals surface area contributed by atoms with E-state index in [2.05, 4.69) is 27.3 Å². The molecule has 0 aliphatic rings. The molecule has 1 amide bonds. The monoisotopic (exact) mass is 348 g/mol. The number of nitrogens with one attached hydrogen (secondary N) is 1. The van der Waals surface area contributed by atoms with Crippen LogP contribution in [0, 0.1) is 11.3 Å². The quantitative estimate of drug-likeness (QED) is 0.801. The Kier molecular flexibility index (Phi) is 5.41. The van der Waals surface area contributed by atoms with E-state index in [0.717, 1.165) is 0 Å². The van der Waals surface area contributed by atoms with Crippen molar-refractivity contribution in [2.24, 2.45) is 0 Å². The number of ether oxygens (including phenoxy) is 1. The first-order chi connectivity index (χ1) is 10.2. The molecule has 0 aliphatic carbocycles. The van der Waals surface area contributed by atoms with E-state index in [-0.39, 0.29) is 5.91 Å². The highest BCUT2D eigenvalue weighted by Crippen LogP contribution is 2.21. The molecule has 0 spiro atoms. The van der Waals surface area contributed by atoms with Crippen molar-refractivity contribution in [3.63, 3.8) is 0 Å². The third-order valence-electron chi connectivity index (χ3n) is 2.66. The van der Waals surface area contributed by atoms with Crippen LogP contribution in [0.4, 0.5) is 5.69 Å². The first kappa shape index (κ1) is 15.1. The summed E-state index contributed by atoms with van der Waals surface area (Å²) in [5.41, 5.74) is 1.06. The van der Waals surface area contributed by atoms with Crippen molar-refractivity contribution in [3.8, 4) is 11.8 Å². The number of nitrogens with zero attached hydrogens (tertiary/aromatic N) is 1. The van der Waals surface area contributed by atoms with Crippen molar-refractivity contribution in [3.05, 3.63) is 46.8 Å². The van der Waals surface area contributed by atoms with E-state index < -0.39 is 0 Å². The van der Waals surface area contributed by atoms with E-state index in [1.807, 2.05) is 0 Å². The van der Waals surface area contributed by atoms with Gasteiger partial charge in [-0.15, -0.1) is 0 Å². The summed E-state index contributed by atoms with van der Waals surface area (Å²) in [5.74, 6) is 0.384. The Balaban J connectivity index is 1.96. The van der Waals surface area contributed by atoms with Gasteiger partial charge in [0.15, 0.2) is 4.67 Å². The molecule has 1 aromatic carbocycles. The van der Waals surface area contributed by atoms with Crippen LogP contribution in [0.2, 0.25) is 0 Å². The maximum atomic E-state index is 12.0. The lowest BCUT2D eigenvalue weighted by atomic mass is 10.2. The standard InChI is InChI=1S/C15H13BrN2O3/c16-14-13(6-9-21-14)15(19)18-11-4-3-5-12(10-11)20-8-2-1-7-17/h3-6,9-10H,1-2,8H2,(H,18,19). The third-order valence-corrected chi connectivity index (χ3v) is 3.27. The van der Waals surface area contributed by atoms with Gasteiger partial charge in [0.05, 0.1) is 24.5 Å². The number of nitriles is 1. The van der Waals surface area contributed by atoms with Crippen LogP contribution in [0.15, 0.2) is 45.7 Å². The number of halogens is 1. The Bertz CT molecular complexity index is 661. The summed E-state index contributed by atoms with van der Waals surface area (Å²) in [5, 5.41) is 11.2. The molecule has 108 valence electrons.